The predicted molar refractivity (Wildman–Crippen MR) is 145 cm³/mol. The monoisotopic (exact) mass is 511 g/mol. The van der Waals surface area contributed by atoms with Crippen molar-refractivity contribution in [2.24, 2.45) is 5.73 Å². The molecule has 2 aromatic heterocycles. The molecule has 3 saturated heterocycles. The molecule has 0 radical (unpaired) electrons. The number of nitriles is 1. The minimum absolute atomic E-state index is 0.0804. The summed E-state index contributed by atoms with van der Waals surface area (Å²) in [5.41, 5.74) is 10.8. The first-order valence-electron chi connectivity index (χ1n) is 13.4. The van der Waals surface area contributed by atoms with Crippen LogP contribution < -0.4 is 15.5 Å². The lowest BCUT2D eigenvalue weighted by Gasteiger charge is -2.50. The Morgan fingerprint density at radius 3 is 2.76 bits per heavy atom. The Balaban J connectivity index is 1.03. The average molecular weight is 512 g/mol. The summed E-state index contributed by atoms with van der Waals surface area (Å²) in [5.74, 6) is 0.999. The van der Waals surface area contributed by atoms with Crippen LogP contribution in [0.5, 0.6) is 0 Å². The van der Waals surface area contributed by atoms with E-state index in [1.807, 2.05) is 18.3 Å². The van der Waals surface area contributed by atoms with Crippen LogP contribution in [0.1, 0.15) is 30.5 Å². The molecule has 0 aliphatic carbocycles. The molecule has 0 bridgehead atoms. The highest BCUT2D eigenvalue weighted by atomic mass is 16.5. The van der Waals surface area contributed by atoms with Gasteiger partial charge in [-0.15, -0.1) is 0 Å². The van der Waals surface area contributed by atoms with Crippen molar-refractivity contribution in [3.63, 3.8) is 0 Å². The van der Waals surface area contributed by atoms with E-state index in [-0.39, 0.29) is 23.3 Å². The van der Waals surface area contributed by atoms with Crippen molar-refractivity contribution in [2.45, 2.75) is 43.8 Å². The molecule has 9 heteroatoms. The van der Waals surface area contributed by atoms with Gasteiger partial charge in [-0.1, -0.05) is 0 Å². The van der Waals surface area contributed by atoms with E-state index in [9.17, 15) is 5.26 Å². The summed E-state index contributed by atoms with van der Waals surface area (Å²) in [7, 11) is 0. The molecule has 2 atom stereocenters. The van der Waals surface area contributed by atoms with E-state index >= 15 is 0 Å². The van der Waals surface area contributed by atoms with Gasteiger partial charge >= 0.3 is 0 Å². The molecular weight excluding hydrogens is 478 g/mol. The fourth-order valence-corrected chi connectivity index (χ4v) is 6.69. The molecule has 38 heavy (non-hydrogen) atoms. The zero-order valence-electron chi connectivity index (χ0n) is 21.9. The number of nitrogens with zero attached hydrogens (tertiary/aromatic N) is 6. The second kappa shape index (κ2) is 8.61. The molecule has 0 amide bonds. The molecule has 0 unspecified atom stereocenters. The Hall–Kier alpha value is -3.29. The van der Waals surface area contributed by atoms with Gasteiger partial charge in [-0.05, 0) is 49.7 Å². The third-order valence-corrected chi connectivity index (χ3v) is 8.35. The van der Waals surface area contributed by atoms with Crippen molar-refractivity contribution in [3.05, 3.63) is 59.4 Å². The first-order chi connectivity index (χ1) is 18.3. The number of fused-ring (bicyclic) bond motifs is 3. The molecular formula is C29H33N7O2. The van der Waals surface area contributed by atoms with Crippen LogP contribution in [-0.2, 0) is 21.7 Å². The van der Waals surface area contributed by atoms with Crippen molar-refractivity contribution >= 4 is 22.4 Å². The van der Waals surface area contributed by atoms with Crippen LogP contribution in [0, 0.1) is 11.3 Å². The lowest BCUT2D eigenvalue weighted by Crippen LogP contribution is -2.65. The van der Waals surface area contributed by atoms with Crippen LogP contribution in [0.2, 0.25) is 0 Å². The number of anilines is 2. The minimum Gasteiger partial charge on any atom is -0.370 e. The fourth-order valence-electron chi connectivity index (χ4n) is 6.69. The molecule has 4 aliphatic heterocycles. The van der Waals surface area contributed by atoms with Gasteiger partial charge in [-0.3, -0.25) is 9.88 Å². The largest absolute Gasteiger partial charge is 0.370 e. The number of nitrogens with two attached hydrogens (primary N) is 1. The normalized spacial score (nSPS) is 25.6. The molecule has 0 saturated carbocycles. The van der Waals surface area contributed by atoms with Gasteiger partial charge in [0.1, 0.15) is 17.5 Å². The number of morpholine rings is 1. The molecule has 1 spiro atoms. The van der Waals surface area contributed by atoms with Crippen LogP contribution in [-0.4, -0.2) is 78.4 Å². The van der Waals surface area contributed by atoms with E-state index in [1.165, 1.54) is 11.1 Å². The standard InChI is InChI=1S/C29H33N7O2/c1-19-11-35(25-6-5-20(9-30)27-23(25)4-3-7-32-27)13-22(38-19)12-34-17-29(18-34)24-10-33-26(8-21(24)14-37-29)36-15-28(2,31)16-36/h3-8,10,19,22H,11-18,31H2,1-2H3/t19-,22+/m1/s1. The van der Waals surface area contributed by atoms with E-state index in [1.54, 1.807) is 6.20 Å². The summed E-state index contributed by atoms with van der Waals surface area (Å²) >= 11 is 0. The summed E-state index contributed by atoms with van der Waals surface area (Å²) < 4.78 is 12.7. The Morgan fingerprint density at radius 1 is 1.13 bits per heavy atom. The van der Waals surface area contributed by atoms with Gasteiger partial charge in [0.05, 0.1) is 29.9 Å². The van der Waals surface area contributed by atoms with Crippen molar-refractivity contribution in [1.82, 2.24) is 14.9 Å². The van der Waals surface area contributed by atoms with Crippen molar-refractivity contribution in [2.75, 3.05) is 55.6 Å². The fraction of sp³-hybridized carbons (Fsp3) is 0.483. The maximum Gasteiger partial charge on any atom is 0.128 e. The van der Waals surface area contributed by atoms with Crippen LogP contribution in [0.3, 0.4) is 0 Å². The Bertz CT molecular complexity index is 1440. The molecule has 3 fully saturated rings. The van der Waals surface area contributed by atoms with Gasteiger partial charge < -0.3 is 25.0 Å². The van der Waals surface area contributed by atoms with E-state index in [0.29, 0.717) is 12.2 Å². The van der Waals surface area contributed by atoms with Crippen LogP contribution >= 0.6 is 0 Å². The second-order valence-corrected chi connectivity index (χ2v) is 11.8. The Morgan fingerprint density at radius 2 is 1.97 bits per heavy atom. The Kier molecular flexibility index (Phi) is 5.39. The van der Waals surface area contributed by atoms with E-state index in [2.05, 4.69) is 57.8 Å². The molecule has 4 aliphatic rings. The van der Waals surface area contributed by atoms with Crippen LogP contribution in [0.25, 0.3) is 10.9 Å². The minimum atomic E-state index is -0.257. The topological polar surface area (TPSA) is 104 Å². The SMILES string of the molecule is C[C@@H]1CN(c2ccc(C#N)c3ncccc23)C[C@H](CN2CC3(C2)OCc2cc(N4CC(C)(N)C4)ncc23)O1. The second-order valence-electron chi connectivity index (χ2n) is 11.8. The van der Waals surface area contributed by atoms with E-state index in [4.69, 9.17) is 20.2 Å². The average Bonchev–Trinajstić information content (AvgIpc) is 3.25. The summed E-state index contributed by atoms with van der Waals surface area (Å²) in [5, 5.41) is 10.5. The summed E-state index contributed by atoms with van der Waals surface area (Å²) in [6.45, 7) is 10.7. The molecule has 6 heterocycles. The van der Waals surface area contributed by atoms with Crippen molar-refractivity contribution in [3.8, 4) is 6.07 Å². The molecule has 9 nitrogen and oxygen atoms in total. The number of pyridine rings is 2. The highest BCUT2D eigenvalue weighted by Gasteiger charge is 2.51. The third-order valence-electron chi connectivity index (χ3n) is 8.35. The third kappa shape index (κ3) is 3.91. The number of hydrogen-bond acceptors (Lipinski definition) is 9. The summed E-state index contributed by atoms with van der Waals surface area (Å²) in [6, 6.07) is 12.4. The van der Waals surface area contributed by atoms with Crippen LogP contribution in [0.4, 0.5) is 11.5 Å². The van der Waals surface area contributed by atoms with Gasteiger partial charge in [-0.25, -0.2) is 4.98 Å². The number of benzene rings is 1. The number of likely N-dealkylation sites (tertiary alicyclic amines) is 1. The molecule has 3 aromatic rings. The van der Waals surface area contributed by atoms with Gasteiger partial charge in [0, 0.05) is 80.4 Å². The number of hydrogen-bond donors (Lipinski definition) is 1. The smallest absolute Gasteiger partial charge is 0.128 e. The molecule has 7 rings (SSSR count). The number of aromatic nitrogens is 2. The van der Waals surface area contributed by atoms with E-state index in [0.717, 1.165) is 68.2 Å². The lowest BCUT2D eigenvalue weighted by atomic mass is 9.86. The van der Waals surface area contributed by atoms with Crippen LogP contribution in [0.15, 0.2) is 42.7 Å². The number of rotatable bonds is 4. The summed E-state index contributed by atoms with van der Waals surface area (Å²) in [4.78, 5) is 16.3. The van der Waals surface area contributed by atoms with Crippen molar-refractivity contribution < 1.29 is 9.47 Å². The zero-order chi connectivity index (χ0) is 26.1. The maximum absolute atomic E-state index is 9.52. The van der Waals surface area contributed by atoms with Gasteiger partial charge in [-0.2, -0.15) is 5.26 Å². The quantitative estimate of drug-likeness (QED) is 0.565. The lowest BCUT2D eigenvalue weighted by molar-refractivity contribution is -0.155. The molecule has 1 aromatic carbocycles. The molecule has 2 N–H and O–H groups in total. The predicted octanol–water partition coefficient (Wildman–Crippen LogP) is 2.37. The number of ether oxygens (including phenoxy) is 2. The van der Waals surface area contributed by atoms with Gasteiger partial charge in [0.2, 0.25) is 0 Å². The van der Waals surface area contributed by atoms with E-state index < -0.39 is 0 Å². The first kappa shape index (κ1) is 23.8. The summed E-state index contributed by atoms with van der Waals surface area (Å²) in [6.07, 6.45) is 3.95. The van der Waals surface area contributed by atoms with Gasteiger partial charge in [0.15, 0.2) is 0 Å². The van der Waals surface area contributed by atoms with Gasteiger partial charge in [0.25, 0.3) is 0 Å². The highest BCUT2D eigenvalue weighted by molar-refractivity contribution is 5.95. The van der Waals surface area contributed by atoms with Crippen molar-refractivity contribution in [1.29, 1.82) is 5.26 Å². The first-order valence-corrected chi connectivity index (χ1v) is 13.4. The molecule has 196 valence electrons. The zero-order valence-corrected chi connectivity index (χ0v) is 21.9. The Labute approximate surface area is 222 Å². The highest BCUT2D eigenvalue weighted by Crippen LogP contribution is 2.44. The maximum atomic E-state index is 9.52.